The van der Waals surface area contributed by atoms with Crippen molar-refractivity contribution in [2.45, 2.75) is 57.5 Å². The van der Waals surface area contributed by atoms with Crippen LogP contribution in [0.15, 0.2) is 35.6 Å². The van der Waals surface area contributed by atoms with E-state index in [9.17, 15) is 4.79 Å². The van der Waals surface area contributed by atoms with Crippen molar-refractivity contribution in [2.24, 2.45) is 10.9 Å². The lowest BCUT2D eigenvalue weighted by molar-refractivity contribution is -0.131. The summed E-state index contributed by atoms with van der Waals surface area (Å²) in [5.41, 5.74) is 8.95. The lowest BCUT2D eigenvalue weighted by atomic mass is 9.77. The Bertz CT molecular complexity index is 1030. The van der Waals surface area contributed by atoms with Crippen LogP contribution in [0.4, 0.5) is 11.5 Å². The molecule has 3 N–H and O–H groups in total. The highest BCUT2D eigenvalue weighted by Gasteiger charge is 2.35. The lowest BCUT2D eigenvalue weighted by Crippen LogP contribution is -2.41. The number of aromatic nitrogens is 2. The highest BCUT2D eigenvalue weighted by molar-refractivity contribution is 6.09. The van der Waals surface area contributed by atoms with Gasteiger partial charge in [0.1, 0.15) is 11.9 Å². The SMILES string of the molecule is CN(CCO)C(=O)CC1CCC(c2ccc(C3=Nc4c(N)ncnc4OC3(C)C)cc2)CC1. The predicted octanol–water partition coefficient (Wildman–Crippen LogP) is 3.47. The molecule has 0 saturated heterocycles. The van der Waals surface area contributed by atoms with Gasteiger partial charge in [-0.05, 0) is 56.9 Å². The number of aliphatic imine (C=N–C) groups is 1. The molecular formula is C25H33N5O3. The summed E-state index contributed by atoms with van der Waals surface area (Å²) in [4.78, 5) is 26.9. The molecule has 0 spiro atoms. The maximum atomic E-state index is 12.3. The number of rotatable bonds is 6. The van der Waals surface area contributed by atoms with Crippen LogP contribution >= 0.6 is 0 Å². The number of likely N-dealkylation sites (N-methyl/N-ethyl adjacent to an activating group) is 1. The van der Waals surface area contributed by atoms with Crippen LogP contribution in [0, 0.1) is 5.92 Å². The van der Waals surface area contributed by atoms with Gasteiger partial charge < -0.3 is 20.5 Å². The van der Waals surface area contributed by atoms with Crippen LogP contribution in [-0.4, -0.2) is 57.4 Å². The van der Waals surface area contributed by atoms with Crippen molar-refractivity contribution in [2.75, 3.05) is 25.9 Å². The Morgan fingerprint density at radius 2 is 1.88 bits per heavy atom. The van der Waals surface area contributed by atoms with E-state index >= 15 is 0 Å². The zero-order valence-electron chi connectivity index (χ0n) is 19.6. The molecule has 1 aromatic carbocycles. The van der Waals surface area contributed by atoms with Crippen LogP contribution < -0.4 is 10.5 Å². The average Bonchev–Trinajstić information content (AvgIpc) is 2.79. The molecule has 8 nitrogen and oxygen atoms in total. The van der Waals surface area contributed by atoms with Crippen molar-refractivity contribution in [3.63, 3.8) is 0 Å². The minimum absolute atomic E-state index is 0.00831. The van der Waals surface area contributed by atoms with E-state index in [0.29, 0.717) is 42.2 Å². The first-order valence-electron chi connectivity index (χ1n) is 11.6. The van der Waals surface area contributed by atoms with Crippen molar-refractivity contribution in [1.82, 2.24) is 14.9 Å². The Morgan fingerprint density at radius 1 is 1.18 bits per heavy atom. The third-order valence-electron chi connectivity index (χ3n) is 6.79. The molecule has 1 aliphatic carbocycles. The molecule has 8 heteroatoms. The number of nitrogens with zero attached hydrogens (tertiary/aromatic N) is 4. The Hall–Kier alpha value is -3.00. The van der Waals surface area contributed by atoms with Crippen LogP contribution in [0.5, 0.6) is 5.88 Å². The highest BCUT2D eigenvalue weighted by Crippen LogP contribution is 2.40. The molecule has 1 aliphatic heterocycles. The molecule has 0 unspecified atom stereocenters. The predicted molar refractivity (Wildman–Crippen MR) is 128 cm³/mol. The Morgan fingerprint density at radius 3 is 2.55 bits per heavy atom. The minimum atomic E-state index is -0.636. The van der Waals surface area contributed by atoms with E-state index in [1.54, 1.807) is 11.9 Å². The smallest absolute Gasteiger partial charge is 0.246 e. The van der Waals surface area contributed by atoms with Crippen molar-refractivity contribution >= 4 is 23.1 Å². The number of hydrogen-bond donors (Lipinski definition) is 2. The number of carbonyl (C=O) groups excluding carboxylic acids is 1. The van der Waals surface area contributed by atoms with Gasteiger partial charge in [-0.1, -0.05) is 24.3 Å². The average molecular weight is 452 g/mol. The fourth-order valence-electron chi connectivity index (χ4n) is 4.79. The van der Waals surface area contributed by atoms with Gasteiger partial charge in [-0.25, -0.2) is 9.98 Å². The van der Waals surface area contributed by atoms with Crippen molar-refractivity contribution in [3.8, 4) is 5.88 Å². The number of anilines is 1. The highest BCUT2D eigenvalue weighted by atomic mass is 16.5. The fourth-order valence-corrected chi connectivity index (χ4v) is 4.79. The largest absolute Gasteiger partial charge is 0.463 e. The molecule has 176 valence electrons. The number of benzene rings is 1. The molecule has 0 radical (unpaired) electrons. The van der Waals surface area contributed by atoms with Gasteiger partial charge in [0.25, 0.3) is 0 Å². The molecular weight excluding hydrogens is 418 g/mol. The molecule has 2 aromatic rings. The number of hydrogen-bond acceptors (Lipinski definition) is 7. The van der Waals surface area contributed by atoms with E-state index in [2.05, 4.69) is 34.2 Å². The third-order valence-corrected chi connectivity index (χ3v) is 6.79. The van der Waals surface area contributed by atoms with Gasteiger partial charge in [-0.3, -0.25) is 4.79 Å². The second kappa shape index (κ2) is 9.47. The van der Waals surface area contributed by atoms with E-state index in [0.717, 1.165) is 37.0 Å². The van der Waals surface area contributed by atoms with Crippen molar-refractivity contribution in [1.29, 1.82) is 0 Å². The molecule has 2 heterocycles. The van der Waals surface area contributed by atoms with Gasteiger partial charge in [-0.2, -0.15) is 4.98 Å². The summed E-state index contributed by atoms with van der Waals surface area (Å²) in [6.45, 7) is 4.36. The number of aliphatic hydroxyl groups excluding tert-OH is 1. The normalized spacial score (nSPS) is 21.5. The van der Waals surface area contributed by atoms with Gasteiger partial charge in [-0.15, -0.1) is 0 Å². The zero-order chi connectivity index (χ0) is 23.6. The van der Waals surface area contributed by atoms with Gasteiger partial charge >= 0.3 is 0 Å². The first-order chi connectivity index (χ1) is 15.8. The summed E-state index contributed by atoms with van der Waals surface area (Å²) in [6, 6.07) is 8.56. The van der Waals surface area contributed by atoms with Gasteiger partial charge in [0.05, 0.1) is 12.3 Å². The molecule has 1 fully saturated rings. The first kappa shape index (κ1) is 23.2. The van der Waals surface area contributed by atoms with E-state index < -0.39 is 5.60 Å². The van der Waals surface area contributed by atoms with Crippen LogP contribution in [0.3, 0.4) is 0 Å². The zero-order valence-corrected chi connectivity index (χ0v) is 19.6. The minimum Gasteiger partial charge on any atom is -0.463 e. The second-order valence-electron chi connectivity index (χ2n) is 9.57. The number of ether oxygens (including phenoxy) is 1. The summed E-state index contributed by atoms with van der Waals surface area (Å²) in [5, 5.41) is 9.02. The Kier molecular flexibility index (Phi) is 6.65. The van der Waals surface area contributed by atoms with Crippen molar-refractivity contribution < 1.29 is 14.6 Å². The van der Waals surface area contributed by atoms with E-state index in [-0.39, 0.29) is 12.5 Å². The van der Waals surface area contributed by atoms with E-state index in [1.165, 1.54) is 11.9 Å². The van der Waals surface area contributed by atoms with Crippen LogP contribution in [0.25, 0.3) is 0 Å². The van der Waals surface area contributed by atoms with Crippen LogP contribution in [-0.2, 0) is 4.79 Å². The third kappa shape index (κ3) is 5.00. The molecule has 2 aliphatic rings. The molecule has 33 heavy (non-hydrogen) atoms. The summed E-state index contributed by atoms with van der Waals surface area (Å²) in [7, 11) is 1.76. The number of amides is 1. The van der Waals surface area contributed by atoms with Gasteiger partial charge in [0.2, 0.25) is 11.8 Å². The lowest BCUT2D eigenvalue weighted by Gasteiger charge is -2.32. The summed E-state index contributed by atoms with van der Waals surface area (Å²) < 4.78 is 6.08. The summed E-state index contributed by atoms with van der Waals surface area (Å²) >= 11 is 0. The molecule has 0 atom stereocenters. The van der Waals surface area contributed by atoms with Gasteiger partial charge in [0.15, 0.2) is 11.5 Å². The van der Waals surface area contributed by atoms with Gasteiger partial charge in [0, 0.05) is 25.6 Å². The number of carbonyl (C=O) groups is 1. The fraction of sp³-hybridized carbons (Fsp3) is 0.520. The maximum Gasteiger partial charge on any atom is 0.246 e. The second-order valence-corrected chi connectivity index (χ2v) is 9.57. The summed E-state index contributed by atoms with van der Waals surface area (Å²) in [6.07, 6.45) is 6.22. The number of nitrogens with two attached hydrogens (primary N) is 1. The number of fused-ring (bicyclic) bond motifs is 1. The standard InChI is InChI=1S/C25H33N5O3/c1-25(2)22(29-21-23(26)27-15-28-24(21)33-25)19-10-8-18(9-11-19)17-6-4-16(5-7-17)14-20(32)30(3)12-13-31/h8-11,15-17,31H,4-7,12-14H2,1-3H3,(H2,26,27,28). The van der Waals surface area contributed by atoms with Crippen LogP contribution in [0.1, 0.15) is 63.0 Å². The summed E-state index contributed by atoms with van der Waals surface area (Å²) in [5.74, 6) is 1.77. The van der Waals surface area contributed by atoms with Crippen molar-refractivity contribution in [3.05, 3.63) is 41.7 Å². The number of nitrogen functional groups attached to an aromatic ring is 1. The van der Waals surface area contributed by atoms with Crippen LogP contribution in [0.2, 0.25) is 0 Å². The monoisotopic (exact) mass is 451 g/mol. The molecule has 1 aromatic heterocycles. The molecule has 1 saturated carbocycles. The molecule has 1 amide bonds. The maximum absolute atomic E-state index is 12.3. The van der Waals surface area contributed by atoms with E-state index in [4.69, 9.17) is 20.6 Å². The first-order valence-corrected chi connectivity index (χ1v) is 11.6. The Balaban J connectivity index is 1.42. The number of aliphatic hydroxyl groups is 1. The Labute approximate surface area is 194 Å². The topological polar surface area (TPSA) is 114 Å². The molecule has 4 rings (SSSR count). The molecule has 0 bridgehead atoms. The quantitative estimate of drug-likeness (QED) is 0.695. The van der Waals surface area contributed by atoms with E-state index in [1.807, 2.05) is 13.8 Å².